The number of carbonyl (C=O) groups is 1. The predicted octanol–water partition coefficient (Wildman–Crippen LogP) is 3.34. The molecule has 0 aliphatic heterocycles. The fourth-order valence-electron chi connectivity index (χ4n) is 2.79. The summed E-state index contributed by atoms with van der Waals surface area (Å²) < 4.78 is 4.59. The molecule has 0 fully saturated rings. The van der Waals surface area contributed by atoms with Crippen LogP contribution in [0, 0.1) is 0 Å². The van der Waals surface area contributed by atoms with Gasteiger partial charge in [-0.25, -0.2) is 4.79 Å². The normalized spacial score (nSPS) is 10.4. The smallest absolute Gasteiger partial charge is 0.343 e. The van der Waals surface area contributed by atoms with E-state index in [1.54, 1.807) is 6.07 Å². The summed E-state index contributed by atoms with van der Waals surface area (Å²) in [6.45, 7) is 0. The lowest BCUT2D eigenvalue weighted by atomic mass is 10.0. The molecular weight excluding hydrogens is 314 g/mol. The molecule has 2 aromatic carbocycles. The van der Waals surface area contributed by atoms with Gasteiger partial charge in [0.05, 0.1) is 7.11 Å². The minimum Gasteiger partial charge on any atom is -0.465 e. The van der Waals surface area contributed by atoms with Gasteiger partial charge in [-0.05, 0) is 35.2 Å². The number of hydrogen-bond donors (Lipinski definition) is 1. The first-order chi connectivity index (χ1) is 12.2. The molecular formula is C21H19NO3. The zero-order chi connectivity index (χ0) is 17.6. The van der Waals surface area contributed by atoms with Gasteiger partial charge in [-0.15, -0.1) is 0 Å². The molecule has 1 heterocycles. The zero-order valence-corrected chi connectivity index (χ0v) is 14.0. The van der Waals surface area contributed by atoms with Gasteiger partial charge in [-0.2, -0.15) is 0 Å². The summed E-state index contributed by atoms with van der Waals surface area (Å²) in [5.74, 6) is -0.627. The lowest BCUT2D eigenvalue weighted by Gasteiger charge is -2.07. The number of aromatic nitrogens is 1. The van der Waals surface area contributed by atoms with E-state index < -0.39 is 11.5 Å². The molecule has 126 valence electrons. The zero-order valence-electron chi connectivity index (χ0n) is 14.0. The van der Waals surface area contributed by atoms with E-state index in [1.807, 2.05) is 30.3 Å². The largest absolute Gasteiger partial charge is 0.465 e. The van der Waals surface area contributed by atoms with Gasteiger partial charge in [0.15, 0.2) is 0 Å². The summed E-state index contributed by atoms with van der Waals surface area (Å²) in [5.41, 5.74) is 3.94. The van der Waals surface area contributed by atoms with Crippen molar-refractivity contribution in [3.8, 4) is 0 Å². The molecule has 0 aliphatic carbocycles. The van der Waals surface area contributed by atoms with Crippen LogP contribution in [0.25, 0.3) is 0 Å². The molecule has 1 N–H and O–H groups in total. The molecule has 25 heavy (non-hydrogen) atoms. The van der Waals surface area contributed by atoms with Crippen molar-refractivity contribution in [1.82, 2.24) is 4.98 Å². The Morgan fingerprint density at radius 2 is 1.56 bits per heavy atom. The van der Waals surface area contributed by atoms with Crippen molar-refractivity contribution in [2.45, 2.75) is 12.8 Å². The van der Waals surface area contributed by atoms with Crippen LogP contribution < -0.4 is 5.56 Å². The van der Waals surface area contributed by atoms with Crippen LogP contribution in [0.4, 0.5) is 0 Å². The molecule has 4 heteroatoms. The standard InChI is InChI=1S/C21H19NO3/c1-25-21(24)19-11-10-18(22-20(19)23)14-17-9-5-8-16(13-17)12-15-6-3-2-4-7-15/h2-11,13H,12,14H2,1H3,(H,22,23). The van der Waals surface area contributed by atoms with Gasteiger partial charge in [0, 0.05) is 12.1 Å². The Kier molecular flexibility index (Phi) is 5.09. The number of pyridine rings is 1. The van der Waals surface area contributed by atoms with Gasteiger partial charge in [0.1, 0.15) is 5.56 Å². The average Bonchev–Trinajstić information content (AvgIpc) is 2.62. The van der Waals surface area contributed by atoms with Crippen LogP contribution in [-0.4, -0.2) is 18.1 Å². The van der Waals surface area contributed by atoms with E-state index >= 15 is 0 Å². The van der Waals surface area contributed by atoms with E-state index in [9.17, 15) is 9.59 Å². The van der Waals surface area contributed by atoms with Crippen LogP contribution in [0.3, 0.4) is 0 Å². The molecule has 0 saturated heterocycles. The van der Waals surface area contributed by atoms with Crippen molar-refractivity contribution in [3.05, 3.63) is 105 Å². The third-order valence-corrected chi connectivity index (χ3v) is 4.01. The SMILES string of the molecule is COC(=O)c1ccc(Cc2cccc(Cc3ccccc3)c2)[nH]c1=O. The highest BCUT2D eigenvalue weighted by atomic mass is 16.5. The monoisotopic (exact) mass is 333 g/mol. The van der Waals surface area contributed by atoms with Crippen molar-refractivity contribution >= 4 is 5.97 Å². The molecule has 3 rings (SSSR count). The summed E-state index contributed by atoms with van der Waals surface area (Å²) in [4.78, 5) is 26.2. The number of benzene rings is 2. The summed E-state index contributed by atoms with van der Waals surface area (Å²) in [5, 5.41) is 0. The number of methoxy groups -OCH3 is 1. The number of aromatic amines is 1. The van der Waals surface area contributed by atoms with Gasteiger partial charge < -0.3 is 9.72 Å². The first-order valence-electron chi connectivity index (χ1n) is 8.08. The number of ether oxygens (including phenoxy) is 1. The van der Waals surface area contributed by atoms with Crippen molar-refractivity contribution in [3.63, 3.8) is 0 Å². The number of rotatable bonds is 5. The third-order valence-electron chi connectivity index (χ3n) is 4.01. The minimum absolute atomic E-state index is 0.0177. The van der Waals surface area contributed by atoms with Gasteiger partial charge in [-0.1, -0.05) is 54.6 Å². The van der Waals surface area contributed by atoms with Gasteiger partial charge >= 0.3 is 5.97 Å². The quantitative estimate of drug-likeness (QED) is 0.729. The highest BCUT2D eigenvalue weighted by Gasteiger charge is 2.11. The van der Waals surface area contributed by atoms with Crippen molar-refractivity contribution in [2.75, 3.05) is 7.11 Å². The highest BCUT2D eigenvalue weighted by Crippen LogP contribution is 2.14. The number of hydrogen-bond acceptors (Lipinski definition) is 3. The predicted molar refractivity (Wildman–Crippen MR) is 96.9 cm³/mol. The molecule has 1 aromatic heterocycles. The third kappa shape index (κ3) is 4.23. The number of carbonyl (C=O) groups excluding carboxylic acids is 1. The lowest BCUT2D eigenvalue weighted by Crippen LogP contribution is -2.19. The van der Waals surface area contributed by atoms with E-state index in [4.69, 9.17) is 0 Å². The second-order valence-electron chi connectivity index (χ2n) is 5.88. The Hall–Kier alpha value is -3.14. The van der Waals surface area contributed by atoms with Crippen LogP contribution >= 0.6 is 0 Å². The Balaban J connectivity index is 1.77. The van der Waals surface area contributed by atoms with Crippen molar-refractivity contribution in [2.24, 2.45) is 0 Å². The Bertz CT molecular complexity index is 929. The van der Waals surface area contributed by atoms with Crippen LogP contribution in [0.1, 0.15) is 32.7 Å². The maximum atomic E-state index is 12.0. The van der Waals surface area contributed by atoms with Gasteiger partial charge in [0.2, 0.25) is 0 Å². The molecule has 0 saturated carbocycles. The molecule has 0 spiro atoms. The molecule has 0 atom stereocenters. The van der Waals surface area contributed by atoms with E-state index in [2.05, 4.69) is 34.0 Å². The molecule has 4 nitrogen and oxygen atoms in total. The molecule has 0 bridgehead atoms. The van der Waals surface area contributed by atoms with E-state index in [0.717, 1.165) is 17.7 Å². The Labute approximate surface area is 146 Å². The molecule has 0 aliphatic rings. The Morgan fingerprint density at radius 1 is 0.880 bits per heavy atom. The number of H-pyrrole nitrogens is 1. The topological polar surface area (TPSA) is 59.2 Å². The maximum Gasteiger partial charge on any atom is 0.343 e. The summed E-state index contributed by atoms with van der Waals surface area (Å²) in [6, 6.07) is 21.8. The molecule has 3 aromatic rings. The molecule has 0 amide bonds. The average molecular weight is 333 g/mol. The lowest BCUT2D eigenvalue weighted by molar-refractivity contribution is 0.0598. The maximum absolute atomic E-state index is 12.0. The van der Waals surface area contributed by atoms with E-state index in [0.29, 0.717) is 6.42 Å². The first kappa shape index (κ1) is 16.7. The van der Waals surface area contributed by atoms with Crippen molar-refractivity contribution in [1.29, 1.82) is 0 Å². The molecule has 0 unspecified atom stereocenters. The number of nitrogens with one attached hydrogen (secondary N) is 1. The van der Waals surface area contributed by atoms with E-state index in [1.165, 1.54) is 24.3 Å². The minimum atomic E-state index is -0.627. The second-order valence-corrected chi connectivity index (χ2v) is 5.88. The summed E-state index contributed by atoms with van der Waals surface area (Å²) >= 11 is 0. The van der Waals surface area contributed by atoms with Crippen LogP contribution in [0.2, 0.25) is 0 Å². The van der Waals surface area contributed by atoms with Gasteiger partial charge in [-0.3, -0.25) is 4.79 Å². The van der Waals surface area contributed by atoms with Crippen LogP contribution in [0.5, 0.6) is 0 Å². The van der Waals surface area contributed by atoms with Crippen LogP contribution in [0.15, 0.2) is 71.5 Å². The fourth-order valence-corrected chi connectivity index (χ4v) is 2.79. The summed E-state index contributed by atoms with van der Waals surface area (Å²) in [6.07, 6.45) is 1.46. The second kappa shape index (κ2) is 7.62. The molecule has 0 radical (unpaired) electrons. The summed E-state index contributed by atoms with van der Waals surface area (Å²) in [7, 11) is 1.26. The highest BCUT2D eigenvalue weighted by molar-refractivity contribution is 5.88. The number of esters is 1. The first-order valence-corrected chi connectivity index (χ1v) is 8.08. The van der Waals surface area contributed by atoms with Gasteiger partial charge in [0.25, 0.3) is 5.56 Å². The van der Waals surface area contributed by atoms with Crippen molar-refractivity contribution < 1.29 is 9.53 Å². The fraction of sp³-hybridized carbons (Fsp3) is 0.143. The van der Waals surface area contributed by atoms with E-state index in [-0.39, 0.29) is 5.56 Å². The van der Waals surface area contributed by atoms with Crippen LogP contribution in [-0.2, 0) is 17.6 Å². The Morgan fingerprint density at radius 3 is 2.24 bits per heavy atom.